The lowest BCUT2D eigenvalue weighted by Gasteiger charge is -2.19. The van der Waals surface area contributed by atoms with Crippen LogP contribution in [0.3, 0.4) is 0 Å². The molecule has 0 aliphatic rings. The third-order valence-electron chi connectivity index (χ3n) is 2.43. The van der Waals surface area contributed by atoms with Crippen LogP contribution < -0.4 is 4.90 Å². The number of thiophene rings is 1. The smallest absolute Gasteiger partial charge is 0.0992 e. The zero-order valence-electron chi connectivity index (χ0n) is 9.35. The van der Waals surface area contributed by atoms with E-state index >= 15 is 0 Å². The Kier molecular flexibility index (Phi) is 3.82. The molecule has 2 nitrogen and oxygen atoms in total. The van der Waals surface area contributed by atoms with Crippen LogP contribution in [0.4, 0.5) is 5.69 Å². The van der Waals surface area contributed by atoms with Gasteiger partial charge in [0.05, 0.1) is 18.2 Å². The van der Waals surface area contributed by atoms with Crippen LogP contribution in [-0.4, -0.2) is 7.05 Å². The quantitative estimate of drug-likeness (QED) is 0.856. The van der Waals surface area contributed by atoms with Crippen molar-refractivity contribution in [3.63, 3.8) is 0 Å². The number of nitriles is 1. The second kappa shape index (κ2) is 5.35. The van der Waals surface area contributed by atoms with Gasteiger partial charge in [0.25, 0.3) is 0 Å². The molecular formula is C13H11BrN2S. The van der Waals surface area contributed by atoms with E-state index < -0.39 is 0 Å². The normalized spacial score (nSPS) is 9.94. The standard InChI is InChI=1S/C13H11BrN2S/c1-16(9-13-3-2-4-17-13)12-6-10(8-15)5-11(14)7-12/h2-7H,9H2,1H3. The van der Waals surface area contributed by atoms with E-state index in [2.05, 4.69) is 44.4 Å². The molecular weight excluding hydrogens is 296 g/mol. The highest BCUT2D eigenvalue weighted by molar-refractivity contribution is 9.10. The van der Waals surface area contributed by atoms with Gasteiger partial charge in [0.1, 0.15) is 0 Å². The number of rotatable bonds is 3. The maximum atomic E-state index is 8.94. The topological polar surface area (TPSA) is 27.0 Å². The van der Waals surface area contributed by atoms with Gasteiger partial charge in [-0.3, -0.25) is 0 Å². The minimum Gasteiger partial charge on any atom is -0.369 e. The summed E-state index contributed by atoms with van der Waals surface area (Å²) in [5.74, 6) is 0. The van der Waals surface area contributed by atoms with Crippen molar-refractivity contribution in [1.29, 1.82) is 5.26 Å². The first-order valence-electron chi connectivity index (χ1n) is 5.13. The molecule has 0 N–H and O–H groups in total. The van der Waals surface area contributed by atoms with E-state index in [-0.39, 0.29) is 0 Å². The summed E-state index contributed by atoms with van der Waals surface area (Å²) < 4.78 is 0.935. The van der Waals surface area contributed by atoms with Crippen LogP contribution in [0.5, 0.6) is 0 Å². The van der Waals surface area contributed by atoms with E-state index in [1.807, 2.05) is 25.2 Å². The Balaban J connectivity index is 2.22. The highest BCUT2D eigenvalue weighted by Gasteiger charge is 2.05. The molecule has 0 radical (unpaired) electrons. The second-order valence-electron chi connectivity index (χ2n) is 3.75. The van der Waals surface area contributed by atoms with E-state index in [0.717, 1.165) is 16.7 Å². The van der Waals surface area contributed by atoms with Gasteiger partial charge in [-0.25, -0.2) is 0 Å². The van der Waals surface area contributed by atoms with Gasteiger partial charge in [-0.2, -0.15) is 5.26 Å². The summed E-state index contributed by atoms with van der Waals surface area (Å²) in [6.07, 6.45) is 0. The maximum Gasteiger partial charge on any atom is 0.0992 e. The maximum absolute atomic E-state index is 8.94. The summed E-state index contributed by atoms with van der Waals surface area (Å²) in [5, 5.41) is 11.0. The zero-order valence-corrected chi connectivity index (χ0v) is 11.8. The number of benzene rings is 1. The SMILES string of the molecule is CN(Cc1cccs1)c1cc(Br)cc(C#N)c1. The molecule has 0 unspecified atom stereocenters. The summed E-state index contributed by atoms with van der Waals surface area (Å²) >= 11 is 5.17. The molecule has 17 heavy (non-hydrogen) atoms. The van der Waals surface area contributed by atoms with E-state index in [9.17, 15) is 0 Å². The zero-order chi connectivity index (χ0) is 12.3. The Hall–Kier alpha value is -1.31. The summed E-state index contributed by atoms with van der Waals surface area (Å²) in [5.41, 5.74) is 1.72. The van der Waals surface area contributed by atoms with E-state index in [4.69, 9.17) is 5.26 Å². The van der Waals surface area contributed by atoms with Crippen LogP contribution in [0.1, 0.15) is 10.4 Å². The van der Waals surface area contributed by atoms with Crippen molar-refractivity contribution in [3.8, 4) is 6.07 Å². The Morgan fingerprint density at radius 3 is 2.88 bits per heavy atom. The first-order valence-corrected chi connectivity index (χ1v) is 6.80. The lowest BCUT2D eigenvalue weighted by Crippen LogP contribution is -2.15. The van der Waals surface area contributed by atoms with Gasteiger partial charge in [-0.1, -0.05) is 22.0 Å². The average Bonchev–Trinajstić information content (AvgIpc) is 2.81. The number of hydrogen-bond acceptors (Lipinski definition) is 3. The van der Waals surface area contributed by atoms with Crippen LogP contribution in [0, 0.1) is 11.3 Å². The van der Waals surface area contributed by atoms with Crippen molar-refractivity contribution in [2.75, 3.05) is 11.9 Å². The molecule has 0 saturated carbocycles. The van der Waals surface area contributed by atoms with Crippen LogP contribution >= 0.6 is 27.3 Å². The largest absolute Gasteiger partial charge is 0.369 e. The summed E-state index contributed by atoms with van der Waals surface area (Å²) in [6.45, 7) is 0.860. The van der Waals surface area contributed by atoms with Crippen molar-refractivity contribution in [1.82, 2.24) is 0 Å². The lowest BCUT2D eigenvalue weighted by atomic mass is 10.2. The molecule has 0 saturated heterocycles. The summed E-state index contributed by atoms with van der Waals surface area (Å²) in [4.78, 5) is 3.45. The number of nitrogens with zero attached hydrogens (tertiary/aromatic N) is 2. The first-order chi connectivity index (χ1) is 8.19. The van der Waals surface area contributed by atoms with E-state index in [1.165, 1.54) is 4.88 Å². The third-order valence-corrected chi connectivity index (χ3v) is 3.74. The minimum atomic E-state index is 0.674. The molecule has 86 valence electrons. The minimum absolute atomic E-state index is 0.674. The molecule has 1 heterocycles. The Bertz CT molecular complexity index is 543. The fourth-order valence-corrected chi connectivity index (χ4v) is 2.83. The fourth-order valence-electron chi connectivity index (χ4n) is 1.59. The highest BCUT2D eigenvalue weighted by atomic mass is 79.9. The molecule has 0 atom stereocenters. The highest BCUT2D eigenvalue weighted by Crippen LogP contribution is 2.23. The molecule has 1 aromatic heterocycles. The molecule has 0 bridgehead atoms. The molecule has 0 aliphatic heterocycles. The van der Waals surface area contributed by atoms with Crippen LogP contribution in [0.15, 0.2) is 40.2 Å². The average molecular weight is 307 g/mol. The van der Waals surface area contributed by atoms with Gasteiger partial charge >= 0.3 is 0 Å². The number of anilines is 1. The molecule has 0 aliphatic carbocycles. The molecule has 0 fully saturated rings. The number of halogens is 1. The predicted molar refractivity (Wildman–Crippen MR) is 75.3 cm³/mol. The molecule has 2 aromatic rings. The molecule has 0 amide bonds. The van der Waals surface area contributed by atoms with Gasteiger partial charge in [0.15, 0.2) is 0 Å². The molecule has 4 heteroatoms. The van der Waals surface area contributed by atoms with E-state index in [1.54, 1.807) is 11.3 Å². The summed E-state index contributed by atoms with van der Waals surface area (Å²) in [6, 6.07) is 12.1. The van der Waals surface area contributed by atoms with Gasteiger partial charge < -0.3 is 4.90 Å². The number of hydrogen-bond donors (Lipinski definition) is 0. The second-order valence-corrected chi connectivity index (χ2v) is 5.69. The Morgan fingerprint density at radius 1 is 1.41 bits per heavy atom. The van der Waals surface area contributed by atoms with Gasteiger partial charge in [-0.05, 0) is 29.6 Å². The predicted octanol–water partition coefficient (Wildman–Crippen LogP) is 4.02. The first kappa shape index (κ1) is 12.2. The van der Waals surface area contributed by atoms with Crippen molar-refractivity contribution in [2.24, 2.45) is 0 Å². The van der Waals surface area contributed by atoms with Gasteiger partial charge in [0, 0.05) is 22.1 Å². The fraction of sp³-hybridized carbons (Fsp3) is 0.154. The van der Waals surface area contributed by atoms with Crippen molar-refractivity contribution in [2.45, 2.75) is 6.54 Å². The molecule has 0 spiro atoms. The van der Waals surface area contributed by atoms with Crippen molar-refractivity contribution < 1.29 is 0 Å². The van der Waals surface area contributed by atoms with Crippen molar-refractivity contribution in [3.05, 3.63) is 50.6 Å². The monoisotopic (exact) mass is 306 g/mol. The van der Waals surface area contributed by atoms with Gasteiger partial charge in [0.2, 0.25) is 0 Å². The lowest BCUT2D eigenvalue weighted by molar-refractivity contribution is 0.939. The van der Waals surface area contributed by atoms with Crippen LogP contribution in [0.2, 0.25) is 0 Å². The third kappa shape index (κ3) is 3.09. The van der Waals surface area contributed by atoms with Crippen LogP contribution in [0.25, 0.3) is 0 Å². The van der Waals surface area contributed by atoms with Crippen LogP contribution in [-0.2, 0) is 6.54 Å². The summed E-state index contributed by atoms with van der Waals surface area (Å²) in [7, 11) is 2.03. The Labute approximate surface area is 113 Å². The van der Waals surface area contributed by atoms with E-state index in [0.29, 0.717) is 5.56 Å². The molecule has 1 aromatic carbocycles. The molecule has 2 rings (SSSR count). The van der Waals surface area contributed by atoms with Crippen molar-refractivity contribution >= 4 is 33.0 Å². The Morgan fingerprint density at radius 2 is 2.24 bits per heavy atom. The van der Waals surface area contributed by atoms with Gasteiger partial charge in [-0.15, -0.1) is 11.3 Å².